The largest absolute Gasteiger partial charge is 1.00 e. The first-order valence-electron chi connectivity index (χ1n) is 7.75. The third-order valence-corrected chi connectivity index (χ3v) is 6.77. The number of hydrogen-bond donors (Lipinski definition) is 0. The molecule has 3 nitrogen and oxygen atoms in total. The predicted molar refractivity (Wildman–Crippen MR) is 102 cm³/mol. The van der Waals surface area contributed by atoms with E-state index in [9.17, 15) is 13.2 Å². The molecule has 0 aliphatic carbocycles. The Kier molecular flexibility index (Phi) is 9.57. The van der Waals surface area contributed by atoms with Crippen LogP contribution in [0.3, 0.4) is 0 Å². The van der Waals surface area contributed by atoms with Gasteiger partial charge in [-0.2, -0.15) is 13.2 Å². The molecule has 0 radical (unpaired) electrons. The number of hydrogen-bond acceptors (Lipinski definition) is 3. The van der Waals surface area contributed by atoms with Gasteiger partial charge in [-0.25, -0.2) is 8.42 Å². The molecule has 0 bridgehead atoms. The van der Waals surface area contributed by atoms with Gasteiger partial charge in [-0.05, 0) is 36.4 Å². The van der Waals surface area contributed by atoms with Crippen molar-refractivity contribution in [3.05, 3.63) is 91.0 Å². The predicted octanol–water partition coefficient (Wildman–Crippen LogP) is 3.23. The maximum absolute atomic E-state index is 10.7. The third kappa shape index (κ3) is 7.17. The maximum atomic E-state index is 10.7. The first-order chi connectivity index (χ1) is 12.7. The molecular formula is C19H16AuF3O3PS+. The van der Waals surface area contributed by atoms with Crippen molar-refractivity contribution in [2.45, 2.75) is 5.51 Å². The molecular weight excluding hydrogens is 593 g/mol. The minimum Gasteiger partial charge on any atom is -0.741 e. The van der Waals surface area contributed by atoms with Crippen LogP contribution in [0.2, 0.25) is 0 Å². The van der Waals surface area contributed by atoms with E-state index in [1.165, 1.54) is 15.9 Å². The second-order valence-corrected chi connectivity index (χ2v) is 9.23. The zero-order chi connectivity index (χ0) is 19.9. The Balaban J connectivity index is 0.000000376. The van der Waals surface area contributed by atoms with Gasteiger partial charge in [0, 0.05) is 0 Å². The van der Waals surface area contributed by atoms with Crippen LogP contribution >= 0.6 is 7.92 Å². The Hall–Kier alpha value is -1.47. The van der Waals surface area contributed by atoms with Gasteiger partial charge in [0.2, 0.25) is 0 Å². The van der Waals surface area contributed by atoms with Crippen molar-refractivity contribution in [3.63, 3.8) is 0 Å². The molecule has 0 N–H and O–H groups in total. The third-order valence-electron chi connectivity index (χ3n) is 3.47. The van der Waals surface area contributed by atoms with E-state index in [1.807, 2.05) is 0 Å². The Morgan fingerprint density at radius 1 is 0.643 bits per heavy atom. The average molecular weight is 609 g/mol. The molecule has 0 amide bonds. The van der Waals surface area contributed by atoms with Crippen LogP contribution in [0.1, 0.15) is 0 Å². The van der Waals surface area contributed by atoms with E-state index in [0.29, 0.717) is 0 Å². The number of benzene rings is 3. The molecule has 28 heavy (non-hydrogen) atoms. The van der Waals surface area contributed by atoms with Gasteiger partial charge in [0.05, 0.1) is 7.92 Å². The fourth-order valence-corrected chi connectivity index (χ4v) is 4.89. The number of alkyl halides is 3. The smallest absolute Gasteiger partial charge is 0.741 e. The van der Waals surface area contributed by atoms with Gasteiger partial charge in [-0.1, -0.05) is 54.6 Å². The van der Waals surface area contributed by atoms with Gasteiger partial charge < -0.3 is 4.55 Å². The Labute approximate surface area is 178 Å². The van der Waals surface area contributed by atoms with Gasteiger partial charge >= 0.3 is 27.9 Å². The molecule has 152 valence electrons. The zero-order valence-electron chi connectivity index (χ0n) is 14.2. The monoisotopic (exact) mass is 609 g/mol. The standard InChI is InChI=1S/C18H15P.CHF3O3S.Au/c1-4-10-16(11-5-1)19(17-12-6-2-7-13-17)18-14-8-3-9-15-18;2-1(3,4)8(5,6)7;/h1-15H;(H,5,6,7);/q;;+1. The van der Waals surface area contributed by atoms with E-state index in [0.717, 1.165) is 0 Å². The van der Waals surface area contributed by atoms with E-state index < -0.39 is 23.5 Å². The van der Waals surface area contributed by atoms with Crippen LogP contribution in [0.15, 0.2) is 91.0 Å². The topological polar surface area (TPSA) is 57.2 Å². The van der Waals surface area contributed by atoms with E-state index in [-0.39, 0.29) is 22.4 Å². The molecule has 0 unspecified atom stereocenters. The quantitative estimate of drug-likeness (QED) is 0.199. The van der Waals surface area contributed by atoms with Crippen molar-refractivity contribution >= 4 is 34.0 Å². The van der Waals surface area contributed by atoms with E-state index >= 15 is 0 Å². The molecule has 0 aromatic heterocycles. The van der Waals surface area contributed by atoms with E-state index in [1.54, 1.807) is 0 Å². The average Bonchev–Trinajstić information content (AvgIpc) is 2.64. The van der Waals surface area contributed by atoms with Gasteiger partial charge in [-0.3, -0.25) is 0 Å². The van der Waals surface area contributed by atoms with Crippen LogP contribution in [0.5, 0.6) is 0 Å². The summed E-state index contributed by atoms with van der Waals surface area (Å²) in [6.07, 6.45) is 0. The van der Waals surface area contributed by atoms with E-state index in [4.69, 9.17) is 13.0 Å². The fourth-order valence-electron chi connectivity index (χ4n) is 2.31. The summed E-state index contributed by atoms with van der Waals surface area (Å²) >= 11 is 0. The Morgan fingerprint density at radius 3 is 1.04 bits per heavy atom. The maximum Gasteiger partial charge on any atom is 1.00 e. The summed E-state index contributed by atoms with van der Waals surface area (Å²) in [5.74, 6) is 0. The second-order valence-electron chi connectivity index (χ2n) is 5.37. The molecule has 0 spiro atoms. The van der Waals surface area contributed by atoms with E-state index in [2.05, 4.69) is 91.0 Å². The summed E-state index contributed by atoms with van der Waals surface area (Å²) in [6, 6.07) is 32.5. The van der Waals surface area contributed by atoms with Crippen molar-refractivity contribution in [3.8, 4) is 0 Å². The molecule has 0 aliphatic rings. The van der Waals surface area contributed by atoms with Crippen molar-refractivity contribution < 1.29 is 48.5 Å². The summed E-state index contributed by atoms with van der Waals surface area (Å²) in [5, 5.41) is 4.31. The van der Waals surface area contributed by atoms with Crippen LogP contribution in [0, 0.1) is 0 Å². The van der Waals surface area contributed by atoms with Crippen LogP contribution in [-0.4, -0.2) is 18.5 Å². The molecule has 9 heteroatoms. The number of rotatable bonds is 3. The summed E-state index contributed by atoms with van der Waals surface area (Å²) in [7, 11) is -6.97. The van der Waals surface area contributed by atoms with Gasteiger partial charge in [-0.15, -0.1) is 0 Å². The first-order valence-corrected chi connectivity index (χ1v) is 10.7. The van der Waals surface area contributed by atoms with Crippen LogP contribution < -0.4 is 15.9 Å². The minimum atomic E-state index is -6.09. The minimum absolute atomic E-state index is 0. The normalized spacial score (nSPS) is 11.2. The molecule has 0 atom stereocenters. The SMILES string of the molecule is O=S(=O)([O-])C(F)(F)F.[Au+].c1ccc([PH+](c2ccccc2)c2ccccc2)cc1. The molecule has 3 aromatic carbocycles. The summed E-state index contributed by atoms with van der Waals surface area (Å²) in [4.78, 5) is 0. The van der Waals surface area contributed by atoms with Crippen LogP contribution in [0.25, 0.3) is 0 Å². The van der Waals surface area contributed by atoms with Crippen molar-refractivity contribution in [1.82, 2.24) is 0 Å². The van der Waals surface area contributed by atoms with Crippen LogP contribution in [-0.2, 0) is 32.5 Å². The van der Waals surface area contributed by atoms with Crippen molar-refractivity contribution in [2.24, 2.45) is 0 Å². The number of halogens is 3. The molecule has 0 fully saturated rings. The van der Waals surface area contributed by atoms with Crippen molar-refractivity contribution in [2.75, 3.05) is 0 Å². The molecule has 0 aliphatic heterocycles. The summed E-state index contributed by atoms with van der Waals surface area (Å²) < 4.78 is 58.9. The molecule has 3 rings (SSSR count). The molecule has 0 heterocycles. The van der Waals surface area contributed by atoms with Crippen molar-refractivity contribution in [1.29, 1.82) is 0 Å². The van der Waals surface area contributed by atoms with Gasteiger partial charge in [0.25, 0.3) is 0 Å². The zero-order valence-corrected chi connectivity index (χ0v) is 18.2. The second kappa shape index (κ2) is 10.9. The van der Waals surface area contributed by atoms with Gasteiger partial charge in [0.1, 0.15) is 15.9 Å². The van der Waals surface area contributed by atoms with Crippen LogP contribution in [0.4, 0.5) is 13.2 Å². The Bertz CT molecular complexity index is 845. The summed E-state index contributed by atoms with van der Waals surface area (Å²) in [6.45, 7) is 0. The Morgan fingerprint density at radius 2 is 0.857 bits per heavy atom. The summed E-state index contributed by atoms with van der Waals surface area (Å²) in [5.41, 5.74) is -5.65. The molecule has 0 saturated carbocycles. The van der Waals surface area contributed by atoms with Gasteiger partial charge in [0.15, 0.2) is 10.1 Å². The molecule has 0 saturated heterocycles. The fraction of sp³-hybridized carbons (Fsp3) is 0.0526. The molecule has 3 aromatic rings. The first kappa shape index (κ1) is 24.6.